The van der Waals surface area contributed by atoms with Crippen molar-refractivity contribution in [3.63, 3.8) is 0 Å². The van der Waals surface area contributed by atoms with Crippen molar-refractivity contribution in [2.24, 2.45) is 0 Å². The van der Waals surface area contributed by atoms with E-state index in [4.69, 9.17) is 12.2 Å². The molecule has 0 aliphatic carbocycles. The number of nitrogens with one attached hydrogen (secondary N) is 1. The third-order valence-electron chi connectivity index (χ3n) is 2.85. The first kappa shape index (κ1) is 12.8. The van der Waals surface area contributed by atoms with Crippen LogP contribution in [0, 0.1) is 13.8 Å². The highest BCUT2D eigenvalue weighted by Gasteiger charge is 2.00. The molecule has 2 aromatic carbocycles. The van der Waals surface area contributed by atoms with Crippen LogP contribution in [0.5, 0.6) is 0 Å². The van der Waals surface area contributed by atoms with Crippen LogP contribution in [-0.2, 0) is 6.54 Å². The van der Waals surface area contributed by atoms with E-state index in [1.165, 1.54) is 16.7 Å². The van der Waals surface area contributed by atoms with Gasteiger partial charge in [-0.05, 0) is 19.4 Å². The molecule has 0 unspecified atom stereocenters. The summed E-state index contributed by atoms with van der Waals surface area (Å²) in [7, 11) is 0. The Balaban J connectivity index is 1.98. The van der Waals surface area contributed by atoms with Crippen molar-refractivity contribution in [3.05, 3.63) is 70.8 Å². The summed E-state index contributed by atoms with van der Waals surface area (Å²) in [5, 5.41) is 3.29. The Bertz CT molecular complexity index is 543. The van der Waals surface area contributed by atoms with E-state index < -0.39 is 0 Å². The molecule has 0 saturated heterocycles. The highest BCUT2D eigenvalue weighted by Crippen LogP contribution is 2.06. The van der Waals surface area contributed by atoms with E-state index in [2.05, 4.69) is 67.7 Å². The second kappa shape index (κ2) is 5.78. The maximum atomic E-state index is 5.38. The van der Waals surface area contributed by atoms with Gasteiger partial charge in [-0.2, -0.15) is 0 Å². The molecule has 18 heavy (non-hydrogen) atoms. The molecule has 0 heterocycles. The Morgan fingerprint density at radius 3 is 2.39 bits per heavy atom. The smallest absolute Gasteiger partial charge is 0.106 e. The fraction of sp³-hybridized carbons (Fsp3) is 0.188. The first-order chi connectivity index (χ1) is 8.65. The van der Waals surface area contributed by atoms with Crippen LogP contribution >= 0.6 is 12.2 Å². The van der Waals surface area contributed by atoms with Crippen LogP contribution in [0.4, 0.5) is 0 Å². The summed E-state index contributed by atoms with van der Waals surface area (Å²) < 4.78 is 0. The summed E-state index contributed by atoms with van der Waals surface area (Å²) in [5.41, 5.74) is 4.85. The predicted octanol–water partition coefficient (Wildman–Crippen LogP) is 3.77. The molecule has 0 amide bonds. The minimum atomic E-state index is 0.772. The lowest BCUT2D eigenvalue weighted by atomic mass is 10.1. The second-order valence-electron chi connectivity index (χ2n) is 4.54. The van der Waals surface area contributed by atoms with E-state index in [9.17, 15) is 0 Å². The van der Waals surface area contributed by atoms with Crippen LogP contribution in [0.2, 0.25) is 0 Å². The number of aryl methyl sites for hydroxylation is 2. The second-order valence-corrected chi connectivity index (χ2v) is 4.95. The number of rotatable bonds is 3. The standard InChI is InChI=1S/C16H17NS/c1-12-6-8-15(9-7-12)16(18)17-11-14-5-3-4-13(2)10-14/h3-10H,11H2,1-2H3,(H,17,18). The molecule has 0 spiro atoms. The van der Waals surface area contributed by atoms with Gasteiger partial charge < -0.3 is 5.32 Å². The van der Waals surface area contributed by atoms with Gasteiger partial charge in [-0.25, -0.2) is 0 Å². The molecule has 0 saturated carbocycles. The normalized spacial score (nSPS) is 10.1. The Kier molecular flexibility index (Phi) is 4.11. The Labute approximate surface area is 114 Å². The number of hydrogen-bond donors (Lipinski definition) is 1. The molecule has 0 aromatic heterocycles. The monoisotopic (exact) mass is 255 g/mol. The maximum Gasteiger partial charge on any atom is 0.106 e. The average molecular weight is 255 g/mol. The van der Waals surface area contributed by atoms with Crippen molar-refractivity contribution in [3.8, 4) is 0 Å². The molecule has 92 valence electrons. The minimum Gasteiger partial charge on any atom is -0.372 e. The fourth-order valence-electron chi connectivity index (χ4n) is 1.81. The average Bonchev–Trinajstić information content (AvgIpc) is 2.37. The van der Waals surface area contributed by atoms with Crippen molar-refractivity contribution in [1.29, 1.82) is 0 Å². The van der Waals surface area contributed by atoms with E-state index in [-0.39, 0.29) is 0 Å². The summed E-state index contributed by atoms with van der Waals surface area (Å²) in [5.74, 6) is 0. The van der Waals surface area contributed by atoms with E-state index in [0.717, 1.165) is 17.1 Å². The lowest BCUT2D eigenvalue weighted by Gasteiger charge is -2.09. The van der Waals surface area contributed by atoms with Crippen LogP contribution < -0.4 is 5.32 Å². The van der Waals surface area contributed by atoms with Gasteiger partial charge >= 0.3 is 0 Å². The summed E-state index contributed by atoms with van der Waals surface area (Å²) in [6.45, 7) is 4.95. The van der Waals surface area contributed by atoms with Crippen LogP contribution in [0.3, 0.4) is 0 Å². The quantitative estimate of drug-likeness (QED) is 0.838. The van der Waals surface area contributed by atoms with E-state index in [1.54, 1.807) is 0 Å². The lowest BCUT2D eigenvalue weighted by molar-refractivity contribution is 0.926. The Morgan fingerprint density at radius 2 is 1.72 bits per heavy atom. The molecule has 0 fully saturated rings. The number of hydrogen-bond acceptors (Lipinski definition) is 1. The van der Waals surface area contributed by atoms with Crippen molar-refractivity contribution < 1.29 is 0 Å². The zero-order valence-corrected chi connectivity index (χ0v) is 11.6. The Hall–Kier alpha value is -1.67. The summed E-state index contributed by atoms with van der Waals surface area (Å²) >= 11 is 5.38. The predicted molar refractivity (Wildman–Crippen MR) is 80.9 cm³/mol. The zero-order chi connectivity index (χ0) is 13.0. The number of thiocarbonyl (C=S) groups is 1. The van der Waals surface area contributed by atoms with Crippen molar-refractivity contribution in [1.82, 2.24) is 5.32 Å². The molecule has 1 N–H and O–H groups in total. The van der Waals surface area contributed by atoms with E-state index in [0.29, 0.717) is 0 Å². The van der Waals surface area contributed by atoms with Gasteiger partial charge in [-0.15, -0.1) is 0 Å². The van der Waals surface area contributed by atoms with Crippen molar-refractivity contribution in [2.75, 3.05) is 0 Å². The molecule has 2 rings (SSSR count). The van der Waals surface area contributed by atoms with Crippen LogP contribution in [0.1, 0.15) is 22.3 Å². The summed E-state index contributed by atoms with van der Waals surface area (Å²) in [6.07, 6.45) is 0. The van der Waals surface area contributed by atoms with Gasteiger partial charge in [-0.1, -0.05) is 71.9 Å². The minimum absolute atomic E-state index is 0.772. The van der Waals surface area contributed by atoms with Gasteiger partial charge in [-0.3, -0.25) is 0 Å². The summed E-state index contributed by atoms with van der Waals surface area (Å²) in [4.78, 5) is 0.802. The number of benzene rings is 2. The lowest BCUT2D eigenvalue weighted by Crippen LogP contribution is -2.21. The molecular formula is C16H17NS. The molecule has 2 heteroatoms. The molecule has 0 aliphatic rings. The van der Waals surface area contributed by atoms with Gasteiger partial charge in [0.2, 0.25) is 0 Å². The summed E-state index contributed by atoms with van der Waals surface area (Å²) in [6, 6.07) is 16.7. The van der Waals surface area contributed by atoms with Crippen LogP contribution in [0.25, 0.3) is 0 Å². The molecule has 1 nitrogen and oxygen atoms in total. The topological polar surface area (TPSA) is 12.0 Å². The van der Waals surface area contributed by atoms with E-state index >= 15 is 0 Å². The Morgan fingerprint density at radius 1 is 1.00 bits per heavy atom. The van der Waals surface area contributed by atoms with Crippen molar-refractivity contribution in [2.45, 2.75) is 20.4 Å². The highest BCUT2D eigenvalue weighted by molar-refractivity contribution is 7.80. The first-order valence-corrected chi connectivity index (χ1v) is 6.46. The van der Waals surface area contributed by atoms with Gasteiger partial charge in [0, 0.05) is 12.1 Å². The molecule has 0 aliphatic heterocycles. The molecule has 0 bridgehead atoms. The third kappa shape index (κ3) is 3.41. The maximum absolute atomic E-state index is 5.38. The third-order valence-corrected chi connectivity index (χ3v) is 3.23. The fourth-order valence-corrected chi connectivity index (χ4v) is 2.02. The van der Waals surface area contributed by atoms with Crippen LogP contribution in [-0.4, -0.2) is 4.99 Å². The zero-order valence-electron chi connectivity index (χ0n) is 10.7. The van der Waals surface area contributed by atoms with Crippen molar-refractivity contribution >= 4 is 17.2 Å². The van der Waals surface area contributed by atoms with Gasteiger partial charge in [0.1, 0.15) is 4.99 Å². The van der Waals surface area contributed by atoms with Gasteiger partial charge in [0.25, 0.3) is 0 Å². The first-order valence-electron chi connectivity index (χ1n) is 6.05. The molecule has 2 aromatic rings. The largest absolute Gasteiger partial charge is 0.372 e. The molecular weight excluding hydrogens is 238 g/mol. The molecule has 0 atom stereocenters. The van der Waals surface area contributed by atoms with Crippen LogP contribution in [0.15, 0.2) is 48.5 Å². The van der Waals surface area contributed by atoms with Gasteiger partial charge in [0.15, 0.2) is 0 Å². The SMILES string of the molecule is Cc1ccc(C(=S)NCc2cccc(C)c2)cc1. The highest BCUT2D eigenvalue weighted by atomic mass is 32.1. The van der Waals surface area contributed by atoms with Gasteiger partial charge in [0.05, 0.1) is 0 Å². The van der Waals surface area contributed by atoms with E-state index in [1.807, 2.05) is 0 Å². The molecule has 0 radical (unpaired) electrons.